The van der Waals surface area contributed by atoms with Crippen molar-refractivity contribution < 1.29 is 18.7 Å². The zero-order valence-corrected chi connectivity index (χ0v) is 14.4. The van der Waals surface area contributed by atoms with Crippen molar-refractivity contribution in [3.05, 3.63) is 65.5 Å². The van der Waals surface area contributed by atoms with Gasteiger partial charge in [0.05, 0.1) is 13.2 Å². The van der Waals surface area contributed by atoms with E-state index in [9.17, 15) is 14.0 Å². The molecule has 1 fully saturated rings. The number of rotatable bonds is 5. The Morgan fingerprint density at radius 2 is 1.81 bits per heavy atom. The number of morpholine rings is 1. The average Bonchev–Trinajstić information content (AvgIpc) is 2.67. The Morgan fingerprint density at radius 3 is 2.50 bits per heavy atom. The molecule has 2 aromatic rings. The highest BCUT2D eigenvalue weighted by Gasteiger charge is 2.18. The predicted molar refractivity (Wildman–Crippen MR) is 96.5 cm³/mol. The van der Waals surface area contributed by atoms with Crippen LogP contribution in [0.15, 0.2) is 48.5 Å². The molecular weight excluding hydrogens is 335 g/mol. The molecule has 6 heteroatoms. The summed E-state index contributed by atoms with van der Waals surface area (Å²) in [4.78, 5) is 26.2. The van der Waals surface area contributed by atoms with Crippen molar-refractivity contribution >= 4 is 17.5 Å². The van der Waals surface area contributed by atoms with E-state index in [1.807, 2.05) is 0 Å². The van der Waals surface area contributed by atoms with Gasteiger partial charge in [-0.15, -0.1) is 0 Å². The number of carbonyl (C=O) groups excluding carboxylic acids is 2. The third-order valence-electron chi connectivity index (χ3n) is 4.24. The molecule has 136 valence electrons. The number of ether oxygens (including phenoxy) is 1. The van der Waals surface area contributed by atoms with Crippen molar-refractivity contribution in [3.63, 3.8) is 0 Å². The first-order valence-corrected chi connectivity index (χ1v) is 8.63. The SMILES string of the molecule is O=C(CCc1cccc(F)c1)Nc1ccc(C(=O)N2CCOCC2)cc1. The number of anilines is 1. The van der Waals surface area contributed by atoms with Gasteiger partial charge in [-0.25, -0.2) is 4.39 Å². The number of benzene rings is 2. The average molecular weight is 356 g/mol. The molecule has 1 N–H and O–H groups in total. The number of hydrogen-bond donors (Lipinski definition) is 1. The van der Waals surface area contributed by atoms with Crippen molar-refractivity contribution in [1.29, 1.82) is 0 Å². The van der Waals surface area contributed by atoms with Crippen LogP contribution in [-0.2, 0) is 16.0 Å². The van der Waals surface area contributed by atoms with Crippen molar-refractivity contribution in [2.24, 2.45) is 0 Å². The van der Waals surface area contributed by atoms with Gasteiger partial charge in [0.15, 0.2) is 0 Å². The number of hydrogen-bond acceptors (Lipinski definition) is 3. The van der Waals surface area contributed by atoms with Crippen LogP contribution in [0.2, 0.25) is 0 Å². The Labute approximate surface area is 151 Å². The molecule has 1 aliphatic rings. The van der Waals surface area contributed by atoms with Gasteiger partial charge >= 0.3 is 0 Å². The van der Waals surface area contributed by atoms with Gasteiger partial charge in [-0.1, -0.05) is 12.1 Å². The van der Waals surface area contributed by atoms with E-state index in [2.05, 4.69) is 5.32 Å². The number of aryl methyl sites for hydroxylation is 1. The van der Waals surface area contributed by atoms with Gasteiger partial charge in [-0.05, 0) is 48.4 Å². The van der Waals surface area contributed by atoms with Crippen LogP contribution < -0.4 is 5.32 Å². The summed E-state index contributed by atoms with van der Waals surface area (Å²) in [6.07, 6.45) is 0.731. The van der Waals surface area contributed by atoms with Crippen molar-refractivity contribution in [1.82, 2.24) is 4.90 Å². The number of carbonyl (C=O) groups is 2. The fourth-order valence-electron chi connectivity index (χ4n) is 2.82. The van der Waals surface area contributed by atoms with Gasteiger partial charge in [0.2, 0.25) is 5.91 Å². The van der Waals surface area contributed by atoms with Crippen molar-refractivity contribution in [2.45, 2.75) is 12.8 Å². The summed E-state index contributed by atoms with van der Waals surface area (Å²) in [5.74, 6) is -0.484. The Kier molecular flexibility index (Phi) is 5.96. The topological polar surface area (TPSA) is 58.6 Å². The standard InChI is InChI=1S/C20H21FN2O3/c21-17-3-1-2-15(14-17)4-9-19(24)22-18-7-5-16(6-8-18)20(25)23-10-12-26-13-11-23/h1-3,5-8,14H,4,9-13H2,(H,22,24). The molecule has 0 aliphatic carbocycles. The van der Waals surface area contributed by atoms with E-state index in [1.165, 1.54) is 12.1 Å². The number of halogens is 1. The summed E-state index contributed by atoms with van der Waals surface area (Å²) >= 11 is 0. The molecule has 0 unspecified atom stereocenters. The first-order chi connectivity index (χ1) is 12.6. The lowest BCUT2D eigenvalue weighted by Crippen LogP contribution is -2.40. The molecule has 0 spiro atoms. The van der Waals surface area contributed by atoms with Gasteiger partial charge in [0.1, 0.15) is 5.82 Å². The smallest absolute Gasteiger partial charge is 0.254 e. The minimum Gasteiger partial charge on any atom is -0.378 e. The van der Waals surface area contributed by atoms with E-state index < -0.39 is 0 Å². The van der Waals surface area contributed by atoms with Gasteiger partial charge in [0, 0.05) is 30.8 Å². The summed E-state index contributed by atoms with van der Waals surface area (Å²) in [6.45, 7) is 2.31. The number of nitrogens with zero attached hydrogens (tertiary/aromatic N) is 1. The lowest BCUT2D eigenvalue weighted by atomic mass is 10.1. The fraction of sp³-hybridized carbons (Fsp3) is 0.300. The highest BCUT2D eigenvalue weighted by molar-refractivity contribution is 5.95. The van der Waals surface area contributed by atoms with E-state index in [0.29, 0.717) is 44.0 Å². The summed E-state index contributed by atoms with van der Waals surface area (Å²) in [5, 5.41) is 2.79. The van der Waals surface area contributed by atoms with Crippen molar-refractivity contribution in [3.8, 4) is 0 Å². The minimum absolute atomic E-state index is 0.0303. The third-order valence-corrected chi connectivity index (χ3v) is 4.24. The van der Waals surface area contributed by atoms with E-state index in [-0.39, 0.29) is 24.1 Å². The second-order valence-electron chi connectivity index (χ2n) is 6.16. The zero-order valence-electron chi connectivity index (χ0n) is 14.4. The number of nitrogens with one attached hydrogen (secondary N) is 1. The molecule has 1 aliphatic heterocycles. The summed E-state index contributed by atoms with van der Waals surface area (Å²) in [7, 11) is 0. The molecule has 0 atom stereocenters. The summed E-state index contributed by atoms with van der Waals surface area (Å²) in [6, 6.07) is 13.1. The second kappa shape index (κ2) is 8.58. The molecular formula is C20H21FN2O3. The molecule has 5 nitrogen and oxygen atoms in total. The summed E-state index contributed by atoms with van der Waals surface area (Å²) in [5.41, 5.74) is 2.00. The maximum atomic E-state index is 13.1. The zero-order chi connectivity index (χ0) is 18.4. The lowest BCUT2D eigenvalue weighted by molar-refractivity contribution is -0.116. The normalized spacial score (nSPS) is 14.1. The van der Waals surface area contributed by atoms with Crippen LogP contribution in [0.5, 0.6) is 0 Å². The van der Waals surface area contributed by atoms with Gasteiger partial charge < -0.3 is 15.0 Å². The molecule has 26 heavy (non-hydrogen) atoms. The molecule has 0 aromatic heterocycles. The minimum atomic E-state index is -0.302. The van der Waals surface area contributed by atoms with E-state index >= 15 is 0 Å². The van der Waals surface area contributed by atoms with Crippen LogP contribution in [0.3, 0.4) is 0 Å². The first-order valence-electron chi connectivity index (χ1n) is 8.63. The molecule has 0 saturated carbocycles. The maximum Gasteiger partial charge on any atom is 0.254 e. The molecule has 0 radical (unpaired) electrons. The Morgan fingerprint density at radius 1 is 1.08 bits per heavy atom. The van der Waals surface area contributed by atoms with Gasteiger partial charge in [-0.2, -0.15) is 0 Å². The molecule has 0 bridgehead atoms. The number of amides is 2. The van der Waals surface area contributed by atoms with Crippen LogP contribution >= 0.6 is 0 Å². The molecule has 2 aromatic carbocycles. The maximum absolute atomic E-state index is 13.1. The molecule has 1 saturated heterocycles. The fourth-order valence-corrected chi connectivity index (χ4v) is 2.82. The first kappa shape index (κ1) is 18.1. The van der Waals surface area contributed by atoms with E-state index in [0.717, 1.165) is 5.56 Å². The Hall–Kier alpha value is -2.73. The Balaban J connectivity index is 1.51. The highest BCUT2D eigenvalue weighted by Crippen LogP contribution is 2.14. The molecule has 1 heterocycles. The monoisotopic (exact) mass is 356 g/mol. The lowest BCUT2D eigenvalue weighted by Gasteiger charge is -2.26. The largest absolute Gasteiger partial charge is 0.378 e. The van der Waals surface area contributed by atoms with Crippen LogP contribution in [0, 0.1) is 5.82 Å². The van der Waals surface area contributed by atoms with Gasteiger partial charge in [0.25, 0.3) is 5.91 Å². The van der Waals surface area contributed by atoms with Gasteiger partial charge in [-0.3, -0.25) is 9.59 Å². The van der Waals surface area contributed by atoms with Crippen LogP contribution in [0.1, 0.15) is 22.3 Å². The van der Waals surface area contributed by atoms with Crippen LogP contribution in [-0.4, -0.2) is 43.0 Å². The quantitative estimate of drug-likeness (QED) is 0.896. The predicted octanol–water partition coefficient (Wildman–Crippen LogP) is 2.87. The Bertz CT molecular complexity index is 771. The molecule has 2 amide bonds. The van der Waals surface area contributed by atoms with E-state index in [1.54, 1.807) is 41.3 Å². The van der Waals surface area contributed by atoms with Crippen LogP contribution in [0.4, 0.5) is 10.1 Å². The second-order valence-corrected chi connectivity index (χ2v) is 6.16. The summed E-state index contributed by atoms with van der Waals surface area (Å²) < 4.78 is 18.4. The highest BCUT2D eigenvalue weighted by atomic mass is 19.1. The third kappa shape index (κ3) is 4.89. The van der Waals surface area contributed by atoms with Crippen molar-refractivity contribution in [2.75, 3.05) is 31.6 Å². The van der Waals surface area contributed by atoms with Crippen LogP contribution in [0.25, 0.3) is 0 Å². The molecule has 3 rings (SSSR count). The van der Waals surface area contributed by atoms with E-state index in [4.69, 9.17) is 4.74 Å².